The van der Waals surface area contributed by atoms with Crippen molar-refractivity contribution < 1.29 is 18.9 Å². The molecular weight excluding hydrogens is 314 g/mol. The van der Waals surface area contributed by atoms with E-state index in [4.69, 9.17) is 4.42 Å². The van der Waals surface area contributed by atoms with Crippen LogP contribution in [0.25, 0.3) is 0 Å². The third-order valence-corrected chi connectivity index (χ3v) is 4.02. The van der Waals surface area contributed by atoms with Crippen molar-refractivity contribution in [3.63, 3.8) is 0 Å². The zero-order valence-electron chi connectivity index (χ0n) is 12.9. The number of furan rings is 1. The second-order valence-electron chi connectivity index (χ2n) is 5.42. The van der Waals surface area contributed by atoms with Crippen molar-refractivity contribution in [1.82, 2.24) is 4.90 Å². The van der Waals surface area contributed by atoms with E-state index in [1.54, 1.807) is 19.1 Å². The van der Waals surface area contributed by atoms with E-state index >= 15 is 0 Å². The number of carbonyl (C=O) groups is 2. The van der Waals surface area contributed by atoms with Gasteiger partial charge in [-0.2, -0.15) is 0 Å². The van der Waals surface area contributed by atoms with Gasteiger partial charge in [-0.05, 0) is 31.2 Å². The summed E-state index contributed by atoms with van der Waals surface area (Å²) in [5, 5.41) is 10.7. The molecule has 1 fully saturated rings. The first-order valence-corrected chi connectivity index (χ1v) is 7.39. The summed E-state index contributed by atoms with van der Waals surface area (Å²) in [6.45, 7) is 2.32. The standard InChI is InChI=1S/C16H15N3O5/c1-11-15(20)18(12-4-6-13(7-5-12)19(22)23)9-8-17(11)16(21)14-3-2-10-24-14/h2-7,10-11H,8-9H2,1H3/t11-/m1/s1. The van der Waals surface area contributed by atoms with Gasteiger partial charge in [-0.3, -0.25) is 19.7 Å². The first kappa shape index (κ1) is 15.7. The zero-order valence-corrected chi connectivity index (χ0v) is 12.9. The molecule has 0 aliphatic carbocycles. The molecule has 24 heavy (non-hydrogen) atoms. The van der Waals surface area contributed by atoms with E-state index in [0.717, 1.165) is 0 Å². The van der Waals surface area contributed by atoms with Crippen molar-refractivity contribution >= 4 is 23.2 Å². The SMILES string of the molecule is C[C@@H]1C(=O)N(c2ccc([N+](=O)[O-])cc2)CCN1C(=O)c1ccco1. The molecule has 0 spiro atoms. The number of hydrogen-bond donors (Lipinski definition) is 0. The Balaban J connectivity index is 1.77. The normalized spacial score (nSPS) is 17.9. The van der Waals surface area contributed by atoms with E-state index < -0.39 is 11.0 Å². The van der Waals surface area contributed by atoms with Gasteiger partial charge >= 0.3 is 0 Å². The van der Waals surface area contributed by atoms with Crippen LogP contribution in [0.4, 0.5) is 11.4 Å². The molecule has 2 amide bonds. The van der Waals surface area contributed by atoms with E-state index in [9.17, 15) is 19.7 Å². The van der Waals surface area contributed by atoms with Gasteiger partial charge in [0.25, 0.3) is 11.6 Å². The molecule has 1 atom stereocenters. The summed E-state index contributed by atoms with van der Waals surface area (Å²) in [6, 6.07) is 8.31. The highest BCUT2D eigenvalue weighted by Crippen LogP contribution is 2.24. The van der Waals surface area contributed by atoms with Gasteiger partial charge < -0.3 is 14.2 Å². The summed E-state index contributed by atoms with van der Waals surface area (Å²) in [5.74, 6) is -0.377. The van der Waals surface area contributed by atoms with Crippen LogP contribution in [0.15, 0.2) is 47.1 Å². The number of carbonyl (C=O) groups excluding carboxylic acids is 2. The van der Waals surface area contributed by atoms with Crippen molar-refractivity contribution in [2.75, 3.05) is 18.0 Å². The molecule has 1 aliphatic heterocycles. The van der Waals surface area contributed by atoms with Gasteiger partial charge in [-0.15, -0.1) is 0 Å². The lowest BCUT2D eigenvalue weighted by molar-refractivity contribution is -0.384. The highest BCUT2D eigenvalue weighted by Gasteiger charge is 2.36. The maximum Gasteiger partial charge on any atom is 0.290 e. The monoisotopic (exact) mass is 329 g/mol. The number of hydrogen-bond acceptors (Lipinski definition) is 5. The molecule has 1 saturated heterocycles. The lowest BCUT2D eigenvalue weighted by atomic mass is 10.1. The second-order valence-corrected chi connectivity index (χ2v) is 5.42. The van der Waals surface area contributed by atoms with Crippen molar-refractivity contribution in [3.05, 3.63) is 58.5 Å². The van der Waals surface area contributed by atoms with Gasteiger partial charge in [0.1, 0.15) is 6.04 Å². The fourth-order valence-corrected chi connectivity index (χ4v) is 2.70. The fourth-order valence-electron chi connectivity index (χ4n) is 2.70. The maximum atomic E-state index is 12.6. The largest absolute Gasteiger partial charge is 0.459 e. The summed E-state index contributed by atoms with van der Waals surface area (Å²) in [4.78, 5) is 38.2. The van der Waals surface area contributed by atoms with Crippen molar-refractivity contribution in [2.45, 2.75) is 13.0 Å². The molecule has 0 radical (unpaired) electrons. The number of nitro benzene ring substituents is 1. The molecule has 2 aromatic rings. The number of nitrogens with zero attached hydrogens (tertiary/aromatic N) is 3. The lowest BCUT2D eigenvalue weighted by Crippen LogP contribution is -2.57. The van der Waals surface area contributed by atoms with Crippen molar-refractivity contribution in [2.24, 2.45) is 0 Å². The Morgan fingerprint density at radius 3 is 2.54 bits per heavy atom. The second kappa shape index (κ2) is 6.15. The van der Waals surface area contributed by atoms with Crippen LogP contribution in [0, 0.1) is 10.1 Å². The predicted octanol–water partition coefficient (Wildman–Crippen LogP) is 2.07. The van der Waals surface area contributed by atoms with Crippen molar-refractivity contribution in [3.8, 4) is 0 Å². The van der Waals surface area contributed by atoms with E-state index in [2.05, 4.69) is 0 Å². The number of anilines is 1. The molecular formula is C16H15N3O5. The Hall–Kier alpha value is -3.16. The molecule has 3 rings (SSSR count). The van der Waals surface area contributed by atoms with Crippen LogP contribution >= 0.6 is 0 Å². The Labute approximate surface area is 137 Å². The third-order valence-electron chi connectivity index (χ3n) is 4.02. The molecule has 0 unspecified atom stereocenters. The molecule has 1 aliphatic rings. The van der Waals surface area contributed by atoms with E-state index in [1.165, 1.54) is 40.3 Å². The summed E-state index contributed by atoms with van der Waals surface area (Å²) in [7, 11) is 0. The van der Waals surface area contributed by atoms with Crippen LogP contribution in [-0.4, -0.2) is 40.8 Å². The molecule has 2 heterocycles. The Morgan fingerprint density at radius 1 is 1.25 bits per heavy atom. The van der Waals surface area contributed by atoms with Gasteiger partial charge in [0.15, 0.2) is 5.76 Å². The highest BCUT2D eigenvalue weighted by atomic mass is 16.6. The van der Waals surface area contributed by atoms with Crippen LogP contribution in [0.1, 0.15) is 17.5 Å². The van der Waals surface area contributed by atoms with E-state index in [-0.39, 0.29) is 23.3 Å². The quantitative estimate of drug-likeness (QED) is 0.634. The first-order valence-electron chi connectivity index (χ1n) is 7.39. The van der Waals surface area contributed by atoms with Crippen molar-refractivity contribution in [1.29, 1.82) is 0 Å². The van der Waals surface area contributed by atoms with Crippen LogP contribution in [0.5, 0.6) is 0 Å². The van der Waals surface area contributed by atoms with E-state index in [0.29, 0.717) is 18.8 Å². The Kier molecular flexibility index (Phi) is 4.03. The number of rotatable bonds is 3. The van der Waals surface area contributed by atoms with Crippen LogP contribution in [0.2, 0.25) is 0 Å². The first-order chi connectivity index (χ1) is 11.5. The van der Waals surface area contributed by atoms with Crippen LogP contribution in [0.3, 0.4) is 0 Å². The number of amides is 2. The summed E-state index contributed by atoms with van der Waals surface area (Å²) in [5.41, 5.74) is 0.536. The minimum Gasteiger partial charge on any atom is -0.459 e. The zero-order chi connectivity index (χ0) is 17.3. The number of piperazine rings is 1. The van der Waals surface area contributed by atoms with Gasteiger partial charge in [-0.25, -0.2) is 0 Å². The molecule has 8 heteroatoms. The molecule has 8 nitrogen and oxygen atoms in total. The fraction of sp³-hybridized carbons (Fsp3) is 0.250. The van der Waals surface area contributed by atoms with E-state index in [1.807, 2.05) is 0 Å². The molecule has 0 N–H and O–H groups in total. The third kappa shape index (κ3) is 2.73. The molecule has 0 saturated carbocycles. The van der Waals surface area contributed by atoms with Gasteiger partial charge in [-0.1, -0.05) is 0 Å². The minimum atomic E-state index is -0.647. The Bertz CT molecular complexity index is 770. The number of benzene rings is 1. The topological polar surface area (TPSA) is 96.9 Å². The average Bonchev–Trinajstić information content (AvgIpc) is 3.11. The van der Waals surface area contributed by atoms with Crippen LogP contribution < -0.4 is 4.90 Å². The lowest BCUT2D eigenvalue weighted by Gasteiger charge is -2.38. The van der Waals surface area contributed by atoms with Crippen LogP contribution in [-0.2, 0) is 4.79 Å². The molecule has 0 bridgehead atoms. The Morgan fingerprint density at radius 2 is 1.96 bits per heavy atom. The minimum absolute atomic E-state index is 0.0362. The van der Waals surface area contributed by atoms with Gasteiger partial charge in [0.2, 0.25) is 5.91 Å². The maximum absolute atomic E-state index is 12.6. The highest BCUT2D eigenvalue weighted by molar-refractivity contribution is 6.02. The molecule has 124 valence electrons. The summed E-state index contributed by atoms with van der Waals surface area (Å²) >= 11 is 0. The number of nitro groups is 1. The summed E-state index contributed by atoms with van der Waals surface area (Å²) in [6.07, 6.45) is 1.41. The predicted molar refractivity (Wildman–Crippen MR) is 84.7 cm³/mol. The van der Waals surface area contributed by atoms with Gasteiger partial charge in [0, 0.05) is 30.9 Å². The summed E-state index contributed by atoms with van der Waals surface area (Å²) < 4.78 is 5.10. The number of non-ortho nitro benzene ring substituents is 1. The molecule has 1 aromatic heterocycles. The smallest absolute Gasteiger partial charge is 0.290 e. The molecule has 1 aromatic carbocycles. The van der Waals surface area contributed by atoms with Gasteiger partial charge in [0.05, 0.1) is 11.2 Å². The average molecular weight is 329 g/mol.